The van der Waals surface area contributed by atoms with E-state index in [4.69, 9.17) is 4.98 Å². The average molecular weight is 417 g/mol. The summed E-state index contributed by atoms with van der Waals surface area (Å²) in [6.07, 6.45) is 7.95. The molecule has 152 valence electrons. The Hall–Kier alpha value is -2.77. The van der Waals surface area contributed by atoms with Gasteiger partial charge >= 0.3 is 0 Å². The molecule has 0 amide bonds. The number of likely N-dealkylation sites (tertiary alicyclic amines) is 1. The number of benzene rings is 1. The van der Waals surface area contributed by atoms with Crippen molar-refractivity contribution in [2.45, 2.75) is 38.8 Å². The van der Waals surface area contributed by atoms with Gasteiger partial charge in [-0.1, -0.05) is 17.4 Å². The van der Waals surface area contributed by atoms with Crippen LogP contribution in [0.15, 0.2) is 42.7 Å². The Labute approximate surface area is 179 Å². The van der Waals surface area contributed by atoms with Crippen LogP contribution in [0.2, 0.25) is 0 Å². The van der Waals surface area contributed by atoms with Crippen molar-refractivity contribution in [1.29, 1.82) is 0 Å². The number of piperidine rings is 1. The normalized spacial score (nSPS) is 21.0. The van der Waals surface area contributed by atoms with E-state index < -0.39 is 0 Å². The van der Waals surface area contributed by atoms with Gasteiger partial charge in [0.05, 0.1) is 16.4 Å². The van der Waals surface area contributed by atoms with E-state index in [9.17, 15) is 0 Å². The summed E-state index contributed by atoms with van der Waals surface area (Å²) >= 11 is 1.65. The molecule has 6 nitrogen and oxygen atoms in total. The number of nitrogens with one attached hydrogen (secondary N) is 2. The van der Waals surface area contributed by atoms with Gasteiger partial charge in [0.25, 0.3) is 0 Å². The van der Waals surface area contributed by atoms with E-state index in [1.54, 1.807) is 11.3 Å². The number of thiazole rings is 1. The third-order valence-corrected chi connectivity index (χ3v) is 7.43. The lowest BCUT2D eigenvalue weighted by atomic mass is 10.1. The van der Waals surface area contributed by atoms with Crippen molar-refractivity contribution in [3.63, 3.8) is 0 Å². The van der Waals surface area contributed by atoms with Gasteiger partial charge in [0.1, 0.15) is 5.82 Å². The van der Waals surface area contributed by atoms with Crippen LogP contribution in [0.5, 0.6) is 0 Å². The Balaban J connectivity index is 1.21. The maximum atomic E-state index is 4.75. The second kappa shape index (κ2) is 7.18. The highest BCUT2D eigenvalue weighted by atomic mass is 32.1. The predicted octanol–water partition coefficient (Wildman–Crippen LogP) is 5.12. The minimum Gasteiger partial charge on any atom is -0.316 e. The van der Waals surface area contributed by atoms with Crippen LogP contribution >= 0.6 is 11.3 Å². The molecule has 2 N–H and O–H groups in total. The van der Waals surface area contributed by atoms with Crippen LogP contribution < -0.4 is 5.32 Å². The first kappa shape index (κ1) is 18.0. The lowest BCUT2D eigenvalue weighted by molar-refractivity contribution is 0.205. The fourth-order valence-corrected chi connectivity index (χ4v) is 5.90. The molecule has 2 bridgehead atoms. The molecule has 1 unspecified atom stereocenters. The largest absolute Gasteiger partial charge is 0.316 e. The highest BCUT2D eigenvalue weighted by molar-refractivity contribution is 7.22. The first-order valence-corrected chi connectivity index (χ1v) is 11.4. The van der Waals surface area contributed by atoms with Crippen LogP contribution in [0.3, 0.4) is 0 Å². The molecule has 2 aliphatic rings. The second-order valence-electron chi connectivity index (χ2n) is 8.55. The molecule has 0 spiro atoms. The SMILES string of the molecule is Cc1[nH]ncc1-c1ccc2nc(Nc3cc(CN4C[C@@H]5CCC4C5)ccn3)sc2c1. The molecule has 4 aromatic rings. The van der Waals surface area contributed by atoms with Crippen molar-refractivity contribution in [2.75, 3.05) is 11.9 Å². The van der Waals surface area contributed by atoms with Gasteiger partial charge < -0.3 is 5.32 Å². The standard InChI is InChI=1S/C23H24N6S/c1-14-19(11-25-28-14)17-3-5-20-21(10-17)30-23(26-20)27-22-9-16(6-7-24-22)13-29-12-15-2-4-18(29)8-15/h3,5-7,9-11,15,18H,2,4,8,12-13H2,1H3,(H,25,28)(H,24,26,27)/t15-,18?/m1/s1. The highest BCUT2D eigenvalue weighted by Gasteiger charge is 2.37. The number of rotatable bonds is 5. The predicted molar refractivity (Wildman–Crippen MR) is 121 cm³/mol. The Morgan fingerprint density at radius 2 is 2.20 bits per heavy atom. The van der Waals surface area contributed by atoms with Gasteiger partial charge in [-0.05, 0) is 67.5 Å². The van der Waals surface area contributed by atoms with Crippen molar-refractivity contribution in [3.8, 4) is 11.1 Å². The minimum absolute atomic E-state index is 0.789. The van der Waals surface area contributed by atoms with E-state index in [1.165, 1.54) is 31.4 Å². The summed E-state index contributed by atoms with van der Waals surface area (Å²) in [4.78, 5) is 11.9. The molecule has 2 atom stereocenters. The minimum atomic E-state index is 0.789. The number of nitrogens with zero attached hydrogens (tertiary/aromatic N) is 4. The average Bonchev–Trinajstić information content (AvgIpc) is 3.51. The first-order valence-electron chi connectivity index (χ1n) is 10.6. The number of anilines is 2. The Bertz CT molecular complexity index is 1210. The Kier molecular flexibility index (Phi) is 4.32. The molecular formula is C23H24N6S. The van der Waals surface area contributed by atoms with Crippen LogP contribution in [0.1, 0.15) is 30.5 Å². The maximum Gasteiger partial charge on any atom is 0.189 e. The van der Waals surface area contributed by atoms with Crippen LogP contribution in [0, 0.1) is 12.8 Å². The van der Waals surface area contributed by atoms with Crippen molar-refractivity contribution in [1.82, 2.24) is 25.1 Å². The monoisotopic (exact) mass is 416 g/mol. The lowest BCUT2D eigenvalue weighted by Crippen LogP contribution is -2.31. The molecule has 1 aromatic carbocycles. The van der Waals surface area contributed by atoms with Gasteiger partial charge in [-0.25, -0.2) is 9.97 Å². The van der Waals surface area contributed by atoms with Gasteiger partial charge in [-0.15, -0.1) is 0 Å². The fraction of sp³-hybridized carbons (Fsp3) is 0.348. The lowest BCUT2D eigenvalue weighted by Gasteiger charge is -2.26. The number of hydrogen-bond acceptors (Lipinski definition) is 6. The molecule has 1 aliphatic carbocycles. The summed E-state index contributed by atoms with van der Waals surface area (Å²) in [7, 11) is 0. The quantitative estimate of drug-likeness (QED) is 0.473. The summed E-state index contributed by atoms with van der Waals surface area (Å²) in [6.45, 7) is 4.32. The Morgan fingerprint density at radius 1 is 1.23 bits per heavy atom. The van der Waals surface area contributed by atoms with E-state index in [1.807, 2.05) is 19.3 Å². The molecule has 4 heterocycles. The molecule has 2 fully saturated rings. The van der Waals surface area contributed by atoms with Crippen molar-refractivity contribution >= 4 is 32.5 Å². The van der Waals surface area contributed by atoms with E-state index in [2.05, 4.69) is 55.7 Å². The second-order valence-corrected chi connectivity index (χ2v) is 9.58. The van der Waals surface area contributed by atoms with Gasteiger partial charge in [-0.3, -0.25) is 10.00 Å². The molecule has 6 rings (SSSR count). The van der Waals surface area contributed by atoms with E-state index in [0.717, 1.165) is 56.5 Å². The Morgan fingerprint density at radius 3 is 3.00 bits per heavy atom. The number of aromatic amines is 1. The third-order valence-electron chi connectivity index (χ3n) is 6.50. The molecular weight excluding hydrogens is 392 g/mol. The first-order chi connectivity index (χ1) is 14.7. The van der Waals surface area contributed by atoms with Crippen LogP contribution in [0.4, 0.5) is 10.9 Å². The van der Waals surface area contributed by atoms with E-state index in [-0.39, 0.29) is 0 Å². The molecule has 1 saturated heterocycles. The van der Waals surface area contributed by atoms with Crippen molar-refractivity contribution in [2.24, 2.45) is 5.92 Å². The molecule has 3 aromatic heterocycles. The van der Waals surface area contributed by atoms with E-state index in [0.29, 0.717) is 0 Å². The maximum absolute atomic E-state index is 4.75. The number of pyridine rings is 1. The smallest absolute Gasteiger partial charge is 0.189 e. The van der Waals surface area contributed by atoms with Gasteiger partial charge in [0.15, 0.2) is 5.13 Å². The van der Waals surface area contributed by atoms with Gasteiger partial charge in [0, 0.05) is 36.6 Å². The van der Waals surface area contributed by atoms with Crippen molar-refractivity contribution < 1.29 is 0 Å². The summed E-state index contributed by atoms with van der Waals surface area (Å²) in [6, 6.07) is 11.4. The highest BCUT2D eigenvalue weighted by Crippen LogP contribution is 2.38. The summed E-state index contributed by atoms with van der Waals surface area (Å²) < 4.78 is 1.15. The molecule has 1 saturated carbocycles. The van der Waals surface area contributed by atoms with Crippen molar-refractivity contribution in [3.05, 3.63) is 54.0 Å². The topological polar surface area (TPSA) is 69.7 Å². The van der Waals surface area contributed by atoms with E-state index >= 15 is 0 Å². The van der Waals surface area contributed by atoms with Gasteiger partial charge in [0.2, 0.25) is 0 Å². The number of hydrogen-bond donors (Lipinski definition) is 2. The summed E-state index contributed by atoms with van der Waals surface area (Å²) in [5, 5.41) is 11.4. The molecule has 0 radical (unpaired) electrons. The van der Waals surface area contributed by atoms with Gasteiger partial charge in [-0.2, -0.15) is 5.10 Å². The summed E-state index contributed by atoms with van der Waals surface area (Å²) in [5.41, 5.74) is 5.67. The molecule has 7 heteroatoms. The number of aromatic nitrogens is 4. The number of fused-ring (bicyclic) bond motifs is 3. The van der Waals surface area contributed by atoms with Crippen LogP contribution in [-0.2, 0) is 6.54 Å². The van der Waals surface area contributed by atoms with Crippen LogP contribution in [0.25, 0.3) is 21.3 Å². The third kappa shape index (κ3) is 3.28. The fourth-order valence-electron chi connectivity index (χ4n) is 4.99. The zero-order chi connectivity index (χ0) is 20.1. The molecule has 30 heavy (non-hydrogen) atoms. The summed E-state index contributed by atoms with van der Waals surface area (Å²) in [5.74, 6) is 1.79. The zero-order valence-electron chi connectivity index (χ0n) is 16.9. The number of H-pyrrole nitrogens is 1. The van der Waals surface area contributed by atoms with Crippen LogP contribution in [-0.4, -0.2) is 37.7 Å². The molecule has 1 aliphatic heterocycles. The zero-order valence-corrected chi connectivity index (χ0v) is 17.7. The number of aryl methyl sites for hydroxylation is 1.